The van der Waals surface area contributed by atoms with E-state index < -0.39 is 11.5 Å². The molecule has 1 unspecified atom stereocenters. The van der Waals surface area contributed by atoms with Crippen molar-refractivity contribution in [2.45, 2.75) is 25.3 Å². The first-order valence-corrected chi connectivity index (χ1v) is 5.30. The summed E-state index contributed by atoms with van der Waals surface area (Å²) in [6, 6.07) is 0. The van der Waals surface area contributed by atoms with Gasteiger partial charge >= 0.3 is 5.97 Å². The molecule has 0 saturated carbocycles. The summed E-state index contributed by atoms with van der Waals surface area (Å²) < 4.78 is 0. The van der Waals surface area contributed by atoms with E-state index in [9.17, 15) is 9.59 Å². The second-order valence-corrected chi connectivity index (χ2v) is 4.61. The Morgan fingerprint density at radius 3 is 2.60 bits per heavy atom. The van der Waals surface area contributed by atoms with Gasteiger partial charge in [-0.05, 0) is 26.3 Å². The lowest BCUT2D eigenvalue weighted by molar-refractivity contribution is -0.155. The Hall–Kier alpha value is -1.10. The van der Waals surface area contributed by atoms with Crippen LogP contribution < -0.4 is 5.32 Å². The minimum absolute atomic E-state index is 0.0532. The van der Waals surface area contributed by atoms with Gasteiger partial charge in [0.2, 0.25) is 5.91 Å². The first-order chi connectivity index (χ1) is 7.03. The van der Waals surface area contributed by atoms with Crippen LogP contribution in [0, 0.1) is 5.92 Å². The van der Waals surface area contributed by atoms with Gasteiger partial charge < -0.3 is 15.3 Å². The first-order valence-electron chi connectivity index (χ1n) is 5.30. The number of carbonyl (C=O) groups excluding carboxylic acids is 1. The number of hydrogen-bond acceptors (Lipinski definition) is 3. The lowest BCUT2D eigenvalue weighted by Crippen LogP contribution is -2.61. The second kappa shape index (κ2) is 3.48. The zero-order valence-corrected chi connectivity index (χ0v) is 8.82. The standard InChI is InChI=1S/C10H16N2O3/c1-10(3-2-4-11-10)9(15)12-5-7(6-12)8(13)14/h7,11H,2-6H2,1H3,(H,13,14). The molecule has 0 aliphatic carbocycles. The lowest BCUT2D eigenvalue weighted by Gasteiger charge is -2.41. The smallest absolute Gasteiger partial charge is 0.310 e. The number of nitrogens with zero attached hydrogens (tertiary/aromatic N) is 1. The molecule has 2 aliphatic heterocycles. The van der Waals surface area contributed by atoms with Gasteiger partial charge in [0, 0.05) is 13.1 Å². The summed E-state index contributed by atoms with van der Waals surface area (Å²) in [6.45, 7) is 3.51. The largest absolute Gasteiger partial charge is 0.481 e. The number of carboxylic acids is 1. The SMILES string of the molecule is CC1(C(=O)N2CC(C(=O)O)C2)CCCN1. The Labute approximate surface area is 88.4 Å². The van der Waals surface area contributed by atoms with E-state index >= 15 is 0 Å². The molecule has 2 saturated heterocycles. The number of carbonyl (C=O) groups is 2. The van der Waals surface area contributed by atoms with Crippen LogP contribution >= 0.6 is 0 Å². The minimum atomic E-state index is -0.802. The number of nitrogens with one attached hydrogen (secondary N) is 1. The summed E-state index contributed by atoms with van der Waals surface area (Å²) in [5.41, 5.74) is -0.455. The van der Waals surface area contributed by atoms with Crippen LogP contribution in [0.1, 0.15) is 19.8 Å². The normalized spacial score (nSPS) is 31.4. The third kappa shape index (κ3) is 1.71. The maximum Gasteiger partial charge on any atom is 0.310 e. The molecule has 2 aliphatic rings. The van der Waals surface area contributed by atoms with Crippen molar-refractivity contribution in [3.05, 3.63) is 0 Å². The molecular formula is C10H16N2O3. The van der Waals surface area contributed by atoms with Crippen LogP contribution in [-0.4, -0.2) is 47.1 Å². The fourth-order valence-corrected chi connectivity index (χ4v) is 2.23. The summed E-state index contributed by atoms with van der Waals surface area (Å²) in [4.78, 5) is 24.2. The third-order valence-electron chi connectivity index (χ3n) is 3.36. The van der Waals surface area contributed by atoms with Gasteiger partial charge in [-0.1, -0.05) is 0 Å². The van der Waals surface area contributed by atoms with Gasteiger partial charge in [0.15, 0.2) is 0 Å². The van der Waals surface area contributed by atoms with Gasteiger partial charge in [-0.3, -0.25) is 9.59 Å². The Balaban J connectivity index is 1.91. The summed E-state index contributed by atoms with van der Waals surface area (Å²) in [5.74, 6) is -1.11. The Morgan fingerprint density at radius 1 is 1.47 bits per heavy atom. The predicted octanol–water partition coefficient (Wildman–Crippen LogP) is -0.328. The zero-order chi connectivity index (χ0) is 11.1. The number of likely N-dealkylation sites (tertiary alicyclic amines) is 1. The Bertz CT molecular complexity index is 291. The van der Waals surface area contributed by atoms with Crippen LogP contribution in [0.2, 0.25) is 0 Å². The van der Waals surface area contributed by atoms with Gasteiger partial charge in [-0.15, -0.1) is 0 Å². The quantitative estimate of drug-likeness (QED) is 0.657. The highest BCUT2D eigenvalue weighted by Crippen LogP contribution is 2.25. The average Bonchev–Trinajstić information content (AvgIpc) is 2.49. The van der Waals surface area contributed by atoms with E-state index in [-0.39, 0.29) is 11.8 Å². The van der Waals surface area contributed by atoms with Crippen LogP contribution in [0.25, 0.3) is 0 Å². The maximum absolute atomic E-state index is 12.0. The van der Waals surface area contributed by atoms with Gasteiger partial charge in [0.05, 0.1) is 11.5 Å². The average molecular weight is 212 g/mol. The van der Waals surface area contributed by atoms with E-state index in [1.807, 2.05) is 6.92 Å². The van der Waals surface area contributed by atoms with Crippen LogP contribution in [-0.2, 0) is 9.59 Å². The molecule has 2 fully saturated rings. The van der Waals surface area contributed by atoms with Crippen molar-refractivity contribution >= 4 is 11.9 Å². The fraction of sp³-hybridized carbons (Fsp3) is 0.800. The molecule has 5 nitrogen and oxygen atoms in total. The van der Waals surface area contributed by atoms with Crippen molar-refractivity contribution in [3.8, 4) is 0 Å². The van der Waals surface area contributed by atoms with Gasteiger partial charge in [-0.2, -0.15) is 0 Å². The van der Waals surface area contributed by atoms with Crippen molar-refractivity contribution < 1.29 is 14.7 Å². The fourth-order valence-electron chi connectivity index (χ4n) is 2.23. The monoisotopic (exact) mass is 212 g/mol. The van der Waals surface area contributed by atoms with E-state index in [0.717, 1.165) is 19.4 Å². The molecule has 2 heterocycles. The predicted molar refractivity (Wildman–Crippen MR) is 53.3 cm³/mol. The van der Waals surface area contributed by atoms with E-state index in [4.69, 9.17) is 5.11 Å². The maximum atomic E-state index is 12.0. The van der Waals surface area contributed by atoms with E-state index in [0.29, 0.717) is 13.1 Å². The van der Waals surface area contributed by atoms with Crippen LogP contribution in [0.15, 0.2) is 0 Å². The number of amides is 1. The third-order valence-corrected chi connectivity index (χ3v) is 3.36. The van der Waals surface area contributed by atoms with Crippen molar-refractivity contribution in [1.29, 1.82) is 0 Å². The molecule has 2 rings (SSSR count). The highest BCUT2D eigenvalue weighted by atomic mass is 16.4. The number of rotatable bonds is 2. The van der Waals surface area contributed by atoms with Gasteiger partial charge in [-0.25, -0.2) is 0 Å². The summed E-state index contributed by atoms with van der Waals surface area (Å²) in [6.07, 6.45) is 1.86. The summed E-state index contributed by atoms with van der Waals surface area (Å²) >= 11 is 0. The highest BCUT2D eigenvalue weighted by molar-refractivity contribution is 5.88. The molecule has 1 amide bonds. The van der Waals surface area contributed by atoms with Gasteiger partial charge in [0.25, 0.3) is 0 Å². The Morgan fingerprint density at radius 2 is 2.13 bits per heavy atom. The zero-order valence-electron chi connectivity index (χ0n) is 8.82. The molecule has 15 heavy (non-hydrogen) atoms. The molecule has 84 valence electrons. The highest BCUT2D eigenvalue weighted by Gasteiger charge is 2.44. The molecule has 0 aromatic rings. The molecule has 0 aromatic heterocycles. The molecule has 5 heteroatoms. The van der Waals surface area contributed by atoms with Crippen molar-refractivity contribution in [2.24, 2.45) is 5.92 Å². The second-order valence-electron chi connectivity index (χ2n) is 4.61. The number of carboxylic acid groups (broad SMARTS) is 1. The molecular weight excluding hydrogens is 196 g/mol. The molecule has 1 atom stereocenters. The number of hydrogen-bond donors (Lipinski definition) is 2. The van der Waals surface area contributed by atoms with E-state index in [1.165, 1.54) is 0 Å². The minimum Gasteiger partial charge on any atom is -0.481 e. The molecule has 0 spiro atoms. The molecule has 0 aromatic carbocycles. The molecule has 0 bridgehead atoms. The van der Waals surface area contributed by atoms with Crippen LogP contribution in [0.5, 0.6) is 0 Å². The van der Waals surface area contributed by atoms with Crippen molar-refractivity contribution in [3.63, 3.8) is 0 Å². The first kappa shape index (κ1) is 10.4. The van der Waals surface area contributed by atoms with Crippen LogP contribution in [0.3, 0.4) is 0 Å². The van der Waals surface area contributed by atoms with Crippen molar-refractivity contribution in [1.82, 2.24) is 10.2 Å². The van der Waals surface area contributed by atoms with Gasteiger partial charge in [0.1, 0.15) is 0 Å². The summed E-state index contributed by atoms with van der Waals surface area (Å²) in [7, 11) is 0. The van der Waals surface area contributed by atoms with E-state index in [1.54, 1.807) is 4.90 Å². The molecule has 0 radical (unpaired) electrons. The summed E-state index contributed by atoms with van der Waals surface area (Å²) in [5, 5.41) is 11.9. The van der Waals surface area contributed by atoms with E-state index in [2.05, 4.69) is 5.32 Å². The Kier molecular flexibility index (Phi) is 2.42. The molecule has 2 N–H and O–H groups in total. The van der Waals surface area contributed by atoms with Crippen LogP contribution in [0.4, 0.5) is 0 Å². The number of aliphatic carboxylic acids is 1. The van der Waals surface area contributed by atoms with Crippen molar-refractivity contribution in [2.75, 3.05) is 19.6 Å². The topological polar surface area (TPSA) is 69.6 Å². The lowest BCUT2D eigenvalue weighted by atomic mass is 9.93.